The van der Waals surface area contributed by atoms with Gasteiger partial charge in [-0.05, 0) is 30.7 Å². The van der Waals surface area contributed by atoms with Gasteiger partial charge in [0.05, 0.1) is 6.07 Å². The molecule has 1 aromatic carbocycles. The molecule has 5 nitrogen and oxygen atoms in total. The van der Waals surface area contributed by atoms with E-state index >= 15 is 0 Å². The fourth-order valence-corrected chi connectivity index (χ4v) is 1.34. The summed E-state index contributed by atoms with van der Waals surface area (Å²) in [5.41, 5.74) is 5.33. The molecule has 0 unspecified atom stereocenters. The summed E-state index contributed by atoms with van der Waals surface area (Å²) >= 11 is 0. The van der Waals surface area contributed by atoms with Crippen LogP contribution in [0.2, 0.25) is 0 Å². The number of nitrogens with two attached hydrogens (primary N) is 1. The summed E-state index contributed by atoms with van der Waals surface area (Å²) in [6.07, 6.45) is 0.260. The lowest BCUT2D eigenvalue weighted by Gasteiger charge is -2.13. The van der Waals surface area contributed by atoms with E-state index in [1.54, 1.807) is 0 Å². The average Bonchev–Trinajstić information content (AvgIpc) is 2.34. The topological polar surface area (TPSA) is 96.0 Å². The molecule has 0 aliphatic heterocycles. The average molecular weight is 249 g/mol. The van der Waals surface area contributed by atoms with Crippen LogP contribution in [0, 0.1) is 17.1 Å². The number of primary amides is 1. The molecule has 0 heterocycles. The summed E-state index contributed by atoms with van der Waals surface area (Å²) in [5.74, 6) is -1.69. The Morgan fingerprint density at radius 3 is 2.50 bits per heavy atom. The van der Waals surface area contributed by atoms with Gasteiger partial charge in [-0.2, -0.15) is 5.26 Å². The Hall–Kier alpha value is -2.42. The third kappa shape index (κ3) is 3.87. The van der Waals surface area contributed by atoms with Crippen LogP contribution < -0.4 is 11.1 Å². The number of halogens is 1. The van der Waals surface area contributed by atoms with Crippen LogP contribution in [0.15, 0.2) is 24.3 Å². The highest BCUT2D eigenvalue weighted by molar-refractivity contribution is 5.97. The predicted octanol–water partition coefficient (Wildman–Crippen LogP) is 0.713. The quantitative estimate of drug-likeness (QED) is 0.804. The smallest absolute Gasteiger partial charge is 0.251 e. The molecule has 0 aromatic heterocycles. The van der Waals surface area contributed by atoms with Crippen molar-refractivity contribution in [2.75, 3.05) is 0 Å². The zero-order valence-corrected chi connectivity index (χ0v) is 9.52. The van der Waals surface area contributed by atoms with Crippen LogP contribution >= 0.6 is 0 Å². The summed E-state index contributed by atoms with van der Waals surface area (Å²) in [4.78, 5) is 22.8. The molecule has 1 aromatic rings. The van der Waals surface area contributed by atoms with Crippen LogP contribution in [0.25, 0.3) is 0 Å². The van der Waals surface area contributed by atoms with E-state index in [0.29, 0.717) is 0 Å². The minimum atomic E-state index is -0.901. The Balaban J connectivity index is 2.69. The number of carbonyl (C=O) groups is 2. The number of benzene rings is 1. The molecule has 2 amide bonds. The predicted molar refractivity (Wildman–Crippen MR) is 61.7 cm³/mol. The minimum Gasteiger partial charge on any atom is -0.368 e. The van der Waals surface area contributed by atoms with Crippen LogP contribution in [-0.4, -0.2) is 17.9 Å². The second-order valence-electron chi connectivity index (χ2n) is 3.63. The lowest BCUT2D eigenvalue weighted by molar-refractivity contribution is -0.119. The number of nitrogens with one attached hydrogen (secondary N) is 1. The first kappa shape index (κ1) is 13.6. The molecule has 18 heavy (non-hydrogen) atoms. The normalized spacial score (nSPS) is 11.3. The van der Waals surface area contributed by atoms with Gasteiger partial charge in [-0.1, -0.05) is 0 Å². The van der Waals surface area contributed by atoms with Crippen LogP contribution in [0.5, 0.6) is 0 Å². The molecule has 94 valence electrons. The van der Waals surface area contributed by atoms with Crippen LogP contribution in [0.4, 0.5) is 4.39 Å². The van der Waals surface area contributed by atoms with E-state index in [2.05, 4.69) is 5.32 Å². The SMILES string of the molecule is N#CCC[C@@H](NC(=O)c1ccc(F)cc1)C(N)=O. The highest BCUT2D eigenvalue weighted by Crippen LogP contribution is 2.04. The number of nitriles is 1. The highest BCUT2D eigenvalue weighted by atomic mass is 19.1. The van der Waals surface area contributed by atoms with Crippen molar-refractivity contribution < 1.29 is 14.0 Å². The second-order valence-corrected chi connectivity index (χ2v) is 3.63. The largest absolute Gasteiger partial charge is 0.368 e. The summed E-state index contributed by atoms with van der Waals surface area (Å²) in [6, 6.07) is 5.85. The molecular formula is C12H12FN3O2. The van der Waals surface area contributed by atoms with Gasteiger partial charge in [0.2, 0.25) is 5.91 Å². The number of nitrogens with zero attached hydrogens (tertiary/aromatic N) is 1. The maximum absolute atomic E-state index is 12.7. The van der Waals surface area contributed by atoms with Crippen molar-refractivity contribution in [2.45, 2.75) is 18.9 Å². The van der Waals surface area contributed by atoms with Crippen molar-refractivity contribution in [3.8, 4) is 6.07 Å². The molecule has 1 rings (SSSR count). The fraction of sp³-hybridized carbons (Fsp3) is 0.250. The third-order valence-electron chi connectivity index (χ3n) is 2.30. The van der Waals surface area contributed by atoms with Gasteiger partial charge in [0.15, 0.2) is 0 Å². The van der Waals surface area contributed by atoms with E-state index in [9.17, 15) is 14.0 Å². The van der Waals surface area contributed by atoms with Gasteiger partial charge in [-0.15, -0.1) is 0 Å². The first-order valence-corrected chi connectivity index (χ1v) is 5.27. The molecule has 3 N–H and O–H groups in total. The molecular weight excluding hydrogens is 237 g/mol. The molecule has 0 saturated heterocycles. The van der Waals surface area contributed by atoms with Crippen molar-refractivity contribution in [3.05, 3.63) is 35.6 Å². The Morgan fingerprint density at radius 1 is 1.39 bits per heavy atom. The molecule has 0 aliphatic rings. The first-order chi connectivity index (χ1) is 8.54. The van der Waals surface area contributed by atoms with Crippen LogP contribution in [0.1, 0.15) is 23.2 Å². The Labute approximate surface area is 103 Å². The van der Waals surface area contributed by atoms with E-state index < -0.39 is 23.7 Å². The van der Waals surface area contributed by atoms with E-state index in [1.807, 2.05) is 6.07 Å². The summed E-state index contributed by atoms with van der Waals surface area (Å²) in [5, 5.41) is 10.8. The Kier molecular flexibility index (Phi) is 4.81. The van der Waals surface area contributed by atoms with Crippen LogP contribution in [-0.2, 0) is 4.79 Å². The van der Waals surface area contributed by atoms with Gasteiger partial charge < -0.3 is 11.1 Å². The van der Waals surface area contributed by atoms with Crippen molar-refractivity contribution >= 4 is 11.8 Å². The van der Waals surface area contributed by atoms with Gasteiger partial charge in [-0.25, -0.2) is 4.39 Å². The maximum atomic E-state index is 12.7. The summed E-state index contributed by atoms with van der Waals surface area (Å²) in [6.45, 7) is 0. The highest BCUT2D eigenvalue weighted by Gasteiger charge is 2.18. The van der Waals surface area contributed by atoms with Crippen LogP contribution in [0.3, 0.4) is 0 Å². The first-order valence-electron chi connectivity index (χ1n) is 5.27. The zero-order chi connectivity index (χ0) is 13.5. The summed E-state index contributed by atoms with van der Waals surface area (Å²) < 4.78 is 12.7. The summed E-state index contributed by atoms with van der Waals surface area (Å²) in [7, 11) is 0. The zero-order valence-electron chi connectivity index (χ0n) is 9.52. The molecule has 1 atom stereocenters. The third-order valence-corrected chi connectivity index (χ3v) is 2.30. The minimum absolute atomic E-state index is 0.108. The van der Waals surface area contributed by atoms with Crippen molar-refractivity contribution in [3.63, 3.8) is 0 Å². The Morgan fingerprint density at radius 2 is 2.00 bits per heavy atom. The van der Waals surface area contributed by atoms with E-state index in [4.69, 9.17) is 11.0 Å². The second kappa shape index (κ2) is 6.35. The van der Waals surface area contributed by atoms with Gasteiger partial charge >= 0.3 is 0 Å². The van der Waals surface area contributed by atoms with E-state index in [0.717, 1.165) is 12.1 Å². The van der Waals surface area contributed by atoms with Crippen molar-refractivity contribution in [1.29, 1.82) is 5.26 Å². The number of rotatable bonds is 5. The lowest BCUT2D eigenvalue weighted by Crippen LogP contribution is -2.44. The molecule has 0 fully saturated rings. The lowest BCUT2D eigenvalue weighted by atomic mass is 10.1. The molecule has 0 aliphatic carbocycles. The van der Waals surface area contributed by atoms with E-state index in [-0.39, 0.29) is 18.4 Å². The standard InChI is InChI=1S/C12H12FN3O2/c13-9-5-3-8(4-6-9)12(18)16-10(11(15)17)2-1-7-14/h3-6,10H,1-2H2,(H2,15,17)(H,16,18)/t10-/m1/s1. The number of carbonyl (C=O) groups excluding carboxylic acids is 2. The molecule has 0 spiro atoms. The van der Waals surface area contributed by atoms with Gasteiger partial charge in [0.1, 0.15) is 11.9 Å². The number of hydrogen-bond donors (Lipinski definition) is 2. The number of hydrogen-bond acceptors (Lipinski definition) is 3. The van der Waals surface area contributed by atoms with Gasteiger partial charge in [0, 0.05) is 12.0 Å². The fourth-order valence-electron chi connectivity index (χ4n) is 1.34. The molecule has 0 saturated carbocycles. The van der Waals surface area contributed by atoms with Gasteiger partial charge in [-0.3, -0.25) is 9.59 Å². The number of amides is 2. The maximum Gasteiger partial charge on any atom is 0.251 e. The molecule has 0 bridgehead atoms. The van der Waals surface area contributed by atoms with E-state index in [1.165, 1.54) is 12.1 Å². The molecule has 0 radical (unpaired) electrons. The van der Waals surface area contributed by atoms with Crippen molar-refractivity contribution in [1.82, 2.24) is 5.32 Å². The monoisotopic (exact) mass is 249 g/mol. The molecule has 6 heteroatoms. The Bertz CT molecular complexity index is 479. The van der Waals surface area contributed by atoms with Crippen molar-refractivity contribution in [2.24, 2.45) is 5.73 Å². The van der Waals surface area contributed by atoms with Gasteiger partial charge in [0.25, 0.3) is 5.91 Å².